The lowest BCUT2D eigenvalue weighted by molar-refractivity contribution is -0.138. The topological polar surface area (TPSA) is 64.6 Å². The van der Waals surface area contributed by atoms with E-state index in [4.69, 9.17) is 21.1 Å². The second kappa shape index (κ2) is 8.57. The van der Waals surface area contributed by atoms with Crippen LogP contribution in [0.3, 0.4) is 0 Å². The molecule has 1 rings (SSSR count). The first kappa shape index (κ1) is 19.8. The van der Waals surface area contributed by atoms with Crippen LogP contribution in [0.2, 0.25) is 5.02 Å². The standard InChI is InChI=1S/C18H22ClNO4/c1-6-14(16(21)23-7-2)15(12-9-8-10-13(19)11-12)20-17(22)24-18(3,4)5/h8-11,15H,1,7H2,2-5H3,(H,20,22). The van der Waals surface area contributed by atoms with Gasteiger partial charge in [0.1, 0.15) is 11.2 Å². The Morgan fingerprint density at radius 3 is 2.54 bits per heavy atom. The molecule has 0 fully saturated rings. The zero-order valence-electron chi connectivity index (χ0n) is 14.3. The van der Waals surface area contributed by atoms with E-state index in [1.54, 1.807) is 52.0 Å². The van der Waals surface area contributed by atoms with E-state index in [9.17, 15) is 9.59 Å². The molecule has 0 radical (unpaired) electrons. The molecule has 1 N–H and O–H groups in total. The lowest BCUT2D eigenvalue weighted by Gasteiger charge is -2.24. The Balaban J connectivity index is 3.19. The minimum absolute atomic E-state index is 0.0741. The van der Waals surface area contributed by atoms with Crippen LogP contribution in [0.25, 0.3) is 0 Å². The summed E-state index contributed by atoms with van der Waals surface area (Å²) in [5.41, 5.74) is 2.54. The van der Waals surface area contributed by atoms with Crippen LogP contribution in [0.1, 0.15) is 39.3 Å². The highest BCUT2D eigenvalue weighted by Crippen LogP contribution is 2.25. The Kier molecular flexibility index (Phi) is 7.08. The van der Waals surface area contributed by atoms with Crippen molar-refractivity contribution in [3.63, 3.8) is 0 Å². The smallest absolute Gasteiger partial charge is 0.408 e. The summed E-state index contributed by atoms with van der Waals surface area (Å²) in [5.74, 6) is -0.617. The van der Waals surface area contributed by atoms with E-state index in [1.807, 2.05) is 0 Å². The molecule has 0 spiro atoms. The van der Waals surface area contributed by atoms with Crippen molar-refractivity contribution in [2.45, 2.75) is 39.3 Å². The van der Waals surface area contributed by atoms with Gasteiger partial charge in [-0.25, -0.2) is 9.59 Å². The maximum absolute atomic E-state index is 12.2. The van der Waals surface area contributed by atoms with Crippen molar-refractivity contribution in [2.24, 2.45) is 0 Å². The van der Waals surface area contributed by atoms with Gasteiger partial charge in [-0.05, 0) is 45.4 Å². The molecule has 1 unspecified atom stereocenters. The first-order valence-corrected chi connectivity index (χ1v) is 7.87. The highest BCUT2D eigenvalue weighted by molar-refractivity contribution is 6.30. The lowest BCUT2D eigenvalue weighted by Crippen LogP contribution is -2.37. The molecular formula is C18H22ClNO4. The summed E-state index contributed by atoms with van der Waals surface area (Å²) in [5, 5.41) is 3.12. The van der Waals surface area contributed by atoms with Gasteiger partial charge in [-0.1, -0.05) is 30.3 Å². The van der Waals surface area contributed by atoms with Crippen LogP contribution >= 0.6 is 11.6 Å². The van der Waals surface area contributed by atoms with Crippen LogP contribution in [-0.2, 0) is 14.3 Å². The molecule has 24 heavy (non-hydrogen) atoms. The van der Waals surface area contributed by atoms with E-state index >= 15 is 0 Å². The fourth-order valence-electron chi connectivity index (χ4n) is 1.93. The maximum atomic E-state index is 12.2. The number of carbonyl (C=O) groups excluding carboxylic acids is 2. The van der Waals surface area contributed by atoms with E-state index in [2.05, 4.69) is 17.6 Å². The number of amides is 1. The predicted molar refractivity (Wildman–Crippen MR) is 92.8 cm³/mol. The fraction of sp³-hybridized carbons (Fsp3) is 0.389. The molecule has 0 aromatic heterocycles. The summed E-state index contributed by atoms with van der Waals surface area (Å²) in [6, 6.07) is 5.94. The highest BCUT2D eigenvalue weighted by Gasteiger charge is 2.27. The molecule has 0 aliphatic heterocycles. The molecule has 1 aromatic carbocycles. The summed E-state index contributed by atoms with van der Waals surface area (Å²) >= 11 is 6.02. The molecule has 0 bridgehead atoms. The lowest BCUT2D eigenvalue weighted by atomic mass is 9.99. The van der Waals surface area contributed by atoms with Gasteiger partial charge in [0, 0.05) is 5.02 Å². The van der Waals surface area contributed by atoms with Gasteiger partial charge in [0.15, 0.2) is 0 Å². The molecule has 0 aliphatic rings. The predicted octanol–water partition coefficient (Wildman–Crippen LogP) is 4.18. The molecule has 0 saturated carbocycles. The van der Waals surface area contributed by atoms with Crippen LogP contribution in [0.5, 0.6) is 0 Å². The van der Waals surface area contributed by atoms with Gasteiger partial charge >= 0.3 is 12.1 Å². The number of esters is 1. The Morgan fingerprint density at radius 1 is 1.38 bits per heavy atom. The quantitative estimate of drug-likeness (QED) is 0.491. The monoisotopic (exact) mass is 351 g/mol. The van der Waals surface area contributed by atoms with E-state index < -0.39 is 23.7 Å². The van der Waals surface area contributed by atoms with E-state index in [1.165, 1.54) is 0 Å². The number of alkyl carbamates (subject to hydrolysis) is 1. The van der Waals surface area contributed by atoms with Gasteiger partial charge < -0.3 is 14.8 Å². The van der Waals surface area contributed by atoms with Gasteiger partial charge in [-0.2, -0.15) is 0 Å². The summed E-state index contributed by atoms with van der Waals surface area (Å²) in [6.45, 7) is 10.6. The Morgan fingerprint density at radius 2 is 2.04 bits per heavy atom. The molecule has 0 saturated heterocycles. The van der Waals surface area contributed by atoms with Crippen molar-refractivity contribution in [1.29, 1.82) is 0 Å². The maximum Gasteiger partial charge on any atom is 0.408 e. The zero-order chi connectivity index (χ0) is 18.3. The zero-order valence-corrected chi connectivity index (χ0v) is 15.1. The summed E-state index contributed by atoms with van der Waals surface area (Å²) in [6.07, 6.45) is -0.676. The number of nitrogens with one attached hydrogen (secondary N) is 1. The van der Waals surface area contributed by atoms with Gasteiger partial charge in [-0.15, -0.1) is 5.73 Å². The van der Waals surface area contributed by atoms with Crippen molar-refractivity contribution in [3.8, 4) is 0 Å². The largest absolute Gasteiger partial charge is 0.462 e. The third-order valence-electron chi connectivity index (χ3n) is 2.82. The second-order valence-electron chi connectivity index (χ2n) is 5.95. The van der Waals surface area contributed by atoms with Crippen molar-refractivity contribution in [2.75, 3.05) is 6.61 Å². The average Bonchev–Trinajstić information content (AvgIpc) is 2.45. The molecule has 1 atom stereocenters. The number of rotatable bonds is 5. The number of benzene rings is 1. The van der Waals surface area contributed by atoms with Crippen molar-refractivity contribution < 1.29 is 19.1 Å². The number of ether oxygens (including phenoxy) is 2. The van der Waals surface area contributed by atoms with E-state index in [0.29, 0.717) is 10.6 Å². The molecular weight excluding hydrogens is 330 g/mol. The number of hydrogen-bond acceptors (Lipinski definition) is 4. The first-order chi connectivity index (χ1) is 11.2. The van der Waals surface area contributed by atoms with Crippen LogP contribution in [0, 0.1) is 0 Å². The molecule has 1 aromatic rings. The Bertz CT molecular complexity index is 657. The normalized spacial score (nSPS) is 11.9. The minimum atomic E-state index is -0.838. The number of halogens is 1. The van der Waals surface area contributed by atoms with Crippen molar-refractivity contribution >= 4 is 23.7 Å². The minimum Gasteiger partial charge on any atom is -0.462 e. The van der Waals surface area contributed by atoms with Crippen molar-refractivity contribution in [3.05, 3.63) is 52.7 Å². The van der Waals surface area contributed by atoms with Crippen molar-refractivity contribution in [1.82, 2.24) is 5.32 Å². The first-order valence-electron chi connectivity index (χ1n) is 7.50. The number of carbonyl (C=O) groups is 2. The van der Waals surface area contributed by atoms with E-state index in [-0.39, 0.29) is 12.2 Å². The van der Waals surface area contributed by atoms with Gasteiger partial charge in [-0.3, -0.25) is 0 Å². The molecule has 130 valence electrons. The van der Waals surface area contributed by atoms with Crippen LogP contribution in [-0.4, -0.2) is 24.3 Å². The molecule has 0 aliphatic carbocycles. The Hall–Kier alpha value is -2.23. The second-order valence-corrected chi connectivity index (χ2v) is 6.38. The van der Waals surface area contributed by atoms with Gasteiger partial charge in [0.25, 0.3) is 0 Å². The number of hydrogen-bond donors (Lipinski definition) is 1. The molecule has 0 heterocycles. The molecule has 1 amide bonds. The average molecular weight is 352 g/mol. The summed E-state index contributed by atoms with van der Waals surface area (Å²) < 4.78 is 10.3. The molecule has 5 nitrogen and oxygen atoms in total. The van der Waals surface area contributed by atoms with Crippen LogP contribution < -0.4 is 5.32 Å². The summed E-state index contributed by atoms with van der Waals surface area (Å²) in [7, 11) is 0. The third kappa shape index (κ3) is 6.11. The third-order valence-corrected chi connectivity index (χ3v) is 3.05. The summed E-state index contributed by atoms with van der Waals surface area (Å²) in [4.78, 5) is 24.3. The van der Waals surface area contributed by atoms with E-state index in [0.717, 1.165) is 0 Å². The Labute approximate surface area is 147 Å². The molecule has 6 heteroatoms. The van der Waals surface area contributed by atoms with Gasteiger partial charge in [0.05, 0.1) is 12.6 Å². The van der Waals surface area contributed by atoms with Crippen LogP contribution in [0.4, 0.5) is 4.79 Å². The fourth-order valence-corrected chi connectivity index (χ4v) is 2.13. The highest BCUT2D eigenvalue weighted by atomic mass is 35.5. The van der Waals surface area contributed by atoms with Crippen LogP contribution in [0.15, 0.2) is 42.1 Å². The van der Waals surface area contributed by atoms with Gasteiger partial charge in [0.2, 0.25) is 0 Å². The SMILES string of the molecule is C=C=C(C(=O)OCC)C(NC(=O)OC(C)(C)C)c1cccc(Cl)c1.